The van der Waals surface area contributed by atoms with Gasteiger partial charge in [-0.3, -0.25) is 10.2 Å². The van der Waals surface area contributed by atoms with Gasteiger partial charge in [0.15, 0.2) is 5.78 Å². The molecule has 116 valence electrons. The minimum Gasteiger partial charge on any atom is -0.490 e. The van der Waals surface area contributed by atoms with E-state index in [4.69, 9.17) is 4.74 Å². The number of hydrazone groups is 1. The van der Waals surface area contributed by atoms with E-state index in [-0.39, 0.29) is 11.9 Å². The number of aryl methyl sites for hydroxylation is 1. The molecule has 6 heteroatoms. The number of ether oxygens (including phenoxy) is 1. The number of hydrogen-bond acceptors (Lipinski definition) is 6. The van der Waals surface area contributed by atoms with Gasteiger partial charge in [-0.2, -0.15) is 5.10 Å². The highest BCUT2D eigenvalue weighted by atomic mass is 32.1. The molecule has 1 aromatic heterocycles. The normalized spacial score (nSPS) is 11.1. The second kappa shape index (κ2) is 7.17. The molecule has 0 aliphatic carbocycles. The number of aromatic nitrogens is 1. The van der Waals surface area contributed by atoms with Crippen LogP contribution in [0.5, 0.6) is 5.75 Å². The zero-order valence-electron chi connectivity index (χ0n) is 13.1. The van der Waals surface area contributed by atoms with Crippen LogP contribution in [-0.2, 0) is 0 Å². The van der Waals surface area contributed by atoms with Crippen molar-refractivity contribution in [1.82, 2.24) is 4.98 Å². The Balaban J connectivity index is 2.10. The minimum absolute atomic E-state index is 0.0164. The van der Waals surface area contributed by atoms with Gasteiger partial charge in [0.1, 0.15) is 5.75 Å². The Bertz CT molecular complexity index is 692. The highest BCUT2D eigenvalue weighted by molar-refractivity contribution is 7.17. The summed E-state index contributed by atoms with van der Waals surface area (Å²) in [4.78, 5) is 16.3. The van der Waals surface area contributed by atoms with Gasteiger partial charge in [0.2, 0.25) is 5.13 Å². The molecule has 0 spiro atoms. The van der Waals surface area contributed by atoms with Crippen molar-refractivity contribution < 1.29 is 9.53 Å². The lowest BCUT2D eigenvalue weighted by Gasteiger charge is -2.11. The molecule has 2 rings (SSSR count). The van der Waals surface area contributed by atoms with Crippen LogP contribution in [0.15, 0.2) is 29.4 Å². The number of carbonyl (C=O) groups excluding carboxylic acids is 1. The fourth-order valence-corrected chi connectivity index (χ4v) is 2.69. The van der Waals surface area contributed by atoms with E-state index < -0.39 is 0 Å². The fourth-order valence-electron chi connectivity index (χ4n) is 1.88. The summed E-state index contributed by atoms with van der Waals surface area (Å²) < 4.78 is 5.73. The Morgan fingerprint density at radius 1 is 1.41 bits per heavy atom. The second-order valence-electron chi connectivity index (χ2n) is 5.06. The number of thiazole rings is 1. The smallest absolute Gasteiger partial charge is 0.204 e. The first-order valence-corrected chi connectivity index (χ1v) is 7.82. The first-order chi connectivity index (χ1) is 10.5. The predicted octanol–water partition coefficient (Wildman–Crippen LogP) is 3.89. The monoisotopic (exact) mass is 317 g/mol. The Hall–Kier alpha value is -2.21. The van der Waals surface area contributed by atoms with Crippen molar-refractivity contribution in [1.29, 1.82) is 0 Å². The summed E-state index contributed by atoms with van der Waals surface area (Å²) in [6.07, 6.45) is 1.78. The minimum atomic E-state index is 0.0164. The second-order valence-corrected chi connectivity index (χ2v) is 6.06. The van der Waals surface area contributed by atoms with Crippen LogP contribution in [-0.4, -0.2) is 23.1 Å². The first-order valence-electron chi connectivity index (χ1n) is 7.00. The molecule has 0 bridgehead atoms. The lowest BCUT2D eigenvalue weighted by atomic mass is 10.2. The number of nitrogens with zero attached hydrogens (tertiary/aromatic N) is 2. The van der Waals surface area contributed by atoms with Crippen LogP contribution in [0.25, 0.3) is 0 Å². The third-order valence-corrected chi connectivity index (χ3v) is 3.92. The summed E-state index contributed by atoms with van der Waals surface area (Å²) >= 11 is 1.30. The van der Waals surface area contributed by atoms with E-state index in [2.05, 4.69) is 15.5 Å². The Morgan fingerprint density at radius 3 is 2.77 bits per heavy atom. The third-order valence-electron chi connectivity index (χ3n) is 2.76. The van der Waals surface area contributed by atoms with Gasteiger partial charge in [0.05, 0.1) is 22.9 Å². The summed E-state index contributed by atoms with van der Waals surface area (Å²) in [7, 11) is 0. The Morgan fingerprint density at radius 2 is 2.14 bits per heavy atom. The zero-order chi connectivity index (χ0) is 16.1. The van der Waals surface area contributed by atoms with Gasteiger partial charge in [-0.05, 0) is 32.9 Å². The molecular weight excluding hydrogens is 298 g/mol. The molecule has 0 saturated heterocycles. The lowest BCUT2D eigenvalue weighted by Crippen LogP contribution is -2.07. The standard InChI is InChI=1S/C16H19N3O2S/c1-10(2)21-14-8-6-5-7-13(14)9-17-19-16-18-11(3)15(22-16)12(4)20/h5-10H,1-4H3,(H,18,19)/b17-9+. The van der Waals surface area contributed by atoms with Crippen molar-refractivity contribution in [3.8, 4) is 5.75 Å². The number of benzene rings is 1. The Labute approximate surface area is 134 Å². The molecule has 1 N–H and O–H groups in total. The summed E-state index contributed by atoms with van der Waals surface area (Å²) in [6.45, 7) is 7.31. The van der Waals surface area contributed by atoms with Crippen molar-refractivity contribution in [2.45, 2.75) is 33.8 Å². The number of Topliss-reactive ketones (excluding diaryl/α,β-unsaturated/α-hetero) is 1. The van der Waals surface area contributed by atoms with Gasteiger partial charge in [0, 0.05) is 12.5 Å². The van der Waals surface area contributed by atoms with Crippen LogP contribution >= 0.6 is 11.3 Å². The molecule has 5 nitrogen and oxygen atoms in total. The number of ketones is 1. The van der Waals surface area contributed by atoms with Crippen molar-refractivity contribution in [2.24, 2.45) is 5.10 Å². The van der Waals surface area contributed by atoms with Crippen molar-refractivity contribution in [3.05, 3.63) is 40.4 Å². The maximum absolute atomic E-state index is 11.4. The fraction of sp³-hybridized carbons (Fsp3) is 0.312. The van der Waals surface area contributed by atoms with E-state index in [1.165, 1.54) is 18.3 Å². The van der Waals surface area contributed by atoms with Crippen LogP contribution < -0.4 is 10.2 Å². The van der Waals surface area contributed by atoms with E-state index in [1.54, 1.807) is 6.21 Å². The number of anilines is 1. The quantitative estimate of drug-likeness (QED) is 0.499. The average Bonchev–Trinajstić information content (AvgIpc) is 2.81. The van der Waals surface area contributed by atoms with Crippen LogP contribution in [0.2, 0.25) is 0 Å². The molecule has 0 amide bonds. The van der Waals surface area contributed by atoms with E-state index >= 15 is 0 Å². The average molecular weight is 317 g/mol. The molecule has 0 fully saturated rings. The van der Waals surface area contributed by atoms with E-state index in [1.807, 2.05) is 45.0 Å². The van der Waals surface area contributed by atoms with Gasteiger partial charge < -0.3 is 4.74 Å². The number of para-hydroxylation sites is 1. The van der Waals surface area contributed by atoms with E-state index in [9.17, 15) is 4.79 Å². The van der Waals surface area contributed by atoms with Crippen molar-refractivity contribution in [2.75, 3.05) is 5.43 Å². The molecule has 0 aliphatic heterocycles. The highest BCUT2D eigenvalue weighted by Crippen LogP contribution is 2.23. The number of hydrogen-bond donors (Lipinski definition) is 1. The van der Waals surface area contributed by atoms with Gasteiger partial charge >= 0.3 is 0 Å². The van der Waals surface area contributed by atoms with Gasteiger partial charge in [0.25, 0.3) is 0 Å². The summed E-state index contributed by atoms with van der Waals surface area (Å²) in [5.74, 6) is 0.797. The van der Waals surface area contributed by atoms with Crippen LogP contribution in [0.4, 0.5) is 5.13 Å². The van der Waals surface area contributed by atoms with Crippen LogP contribution in [0.1, 0.15) is 41.7 Å². The molecule has 0 aliphatic rings. The molecule has 2 aromatic rings. The van der Waals surface area contributed by atoms with Gasteiger partial charge in [-0.15, -0.1) is 0 Å². The van der Waals surface area contributed by atoms with E-state index in [0.29, 0.717) is 10.0 Å². The summed E-state index contributed by atoms with van der Waals surface area (Å²) in [5, 5.41) is 4.77. The molecule has 0 saturated carbocycles. The lowest BCUT2D eigenvalue weighted by molar-refractivity contribution is 0.102. The first kappa shape index (κ1) is 16.2. The molecule has 1 heterocycles. The Kier molecular flexibility index (Phi) is 5.27. The van der Waals surface area contributed by atoms with Gasteiger partial charge in [-0.25, -0.2) is 4.98 Å². The number of nitrogens with one attached hydrogen (secondary N) is 1. The van der Waals surface area contributed by atoms with E-state index in [0.717, 1.165) is 17.0 Å². The number of rotatable bonds is 6. The topological polar surface area (TPSA) is 63.6 Å². The third kappa shape index (κ3) is 4.14. The van der Waals surface area contributed by atoms with Crippen LogP contribution in [0, 0.1) is 6.92 Å². The van der Waals surface area contributed by atoms with Crippen molar-refractivity contribution >= 4 is 28.5 Å². The molecular formula is C16H19N3O2S. The largest absolute Gasteiger partial charge is 0.490 e. The number of carbonyl (C=O) groups is 1. The molecule has 0 unspecified atom stereocenters. The van der Waals surface area contributed by atoms with Gasteiger partial charge in [-0.1, -0.05) is 23.5 Å². The zero-order valence-corrected chi connectivity index (χ0v) is 13.9. The maximum atomic E-state index is 11.4. The molecule has 1 aromatic carbocycles. The maximum Gasteiger partial charge on any atom is 0.204 e. The SMILES string of the molecule is CC(=O)c1sc(N/N=C/c2ccccc2OC(C)C)nc1C. The molecule has 0 atom stereocenters. The predicted molar refractivity (Wildman–Crippen MR) is 90.3 cm³/mol. The highest BCUT2D eigenvalue weighted by Gasteiger charge is 2.10. The van der Waals surface area contributed by atoms with Crippen molar-refractivity contribution in [3.63, 3.8) is 0 Å². The molecule has 22 heavy (non-hydrogen) atoms. The summed E-state index contributed by atoms with van der Waals surface area (Å²) in [6, 6.07) is 7.68. The summed E-state index contributed by atoms with van der Waals surface area (Å²) in [5.41, 5.74) is 4.46. The molecule has 0 radical (unpaired) electrons. The van der Waals surface area contributed by atoms with Crippen LogP contribution in [0.3, 0.4) is 0 Å².